The molecule has 0 aliphatic rings. The molecule has 1 atom stereocenters. The average Bonchev–Trinajstić information content (AvgIpc) is 2.60. The van der Waals surface area contributed by atoms with Gasteiger partial charge in [0, 0.05) is 5.56 Å². The smallest absolute Gasteiger partial charge is 0.387 e. The molecule has 10 heteroatoms. The van der Waals surface area contributed by atoms with Gasteiger partial charge in [-0.1, -0.05) is 12.1 Å². The lowest BCUT2D eigenvalue weighted by Gasteiger charge is -2.15. The van der Waals surface area contributed by atoms with Gasteiger partial charge in [0.15, 0.2) is 6.10 Å². The van der Waals surface area contributed by atoms with E-state index in [0.717, 1.165) is 6.26 Å². The molecule has 7 nitrogen and oxygen atoms in total. The first-order chi connectivity index (χ1) is 13.1. The van der Waals surface area contributed by atoms with E-state index in [1.807, 2.05) is 0 Å². The minimum absolute atomic E-state index is 0.0168. The Kier molecular flexibility index (Phi) is 6.68. The third-order valence-electron chi connectivity index (χ3n) is 3.46. The zero-order valence-electron chi connectivity index (χ0n) is 14.9. The molecule has 0 aliphatic heterocycles. The highest BCUT2D eigenvalue weighted by Gasteiger charge is 2.22. The summed E-state index contributed by atoms with van der Waals surface area (Å²) in [6.07, 6.45) is -0.261. The number of halogens is 2. The second-order valence-electron chi connectivity index (χ2n) is 5.73. The zero-order valence-corrected chi connectivity index (χ0v) is 15.7. The van der Waals surface area contributed by atoms with Gasteiger partial charge in [-0.2, -0.15) is 8.78 Å². The largest absolute Gasteiger partial charge is 0.451 e. The number of carbonyl (C=O) groups excluding carboxylic acids is 2. The Balaban J connectivity index is 2.11. The summed E-state index contributed by atoms with van der Waals surface area (Å²) in [5.41, 5.74) is 0.0841. The molecule has 0 saturated carbocycles. The Morgan fingerprint density at radius 1 is 1.04 bits per heavy atom. The SMILES string of the molecule is CC(OC(=O)c1ccccc1NS(C)(=O)=O)C(=O)c1ccc(OC(F)F)cc1. The lowest BCUT2D eigenvalue weighted by molar-refractivity contribution is -0.0498. The first kappa shape index (κ1) is 21.3. The average molecular weight is 413 g/mol. The van der Waals surface area contributed by atoms with Crippen molar-refractivity contribution in [2.75, 3.05) is 11.0 Å². The predicted octanol–water partition coefficient (Wildman–Crippen LogP) is 3.09. The van der Waals surface area contributed by atoms with Crippen molar-refractivity contribution in [3.05, 3.63) is 59.7 Å². The molecule has 2 aromatic rings. The van der Waals surface area contributed by atoms with Crippen molar-refractivity contribution in [1.29, 1.82) is 0 Å². The normalized spacial score (nSPS) is 12.3. The minimum Gasteiger partial charge on any atom is -0.451 e. The number of ether oxygens (including phenoxy) is 2. The van der Waals surface area contributed by atoms with Crippen LogP contribution in [0, 0.1) is 0 Å². The van der Waals surface area contributed by atoms with E-state index >= 15 is 0 Å². The Morgan fingerprint density at radius 3 is 2.21 bits per heavy atom. The van der Waals surface area contributed by atoms with E-state index in [4.69, 9.17) is 4.74 Å². The standard InChI is InChI=1S/C18H17F2NO6S/c1-11(16(22)12-7-9-13(10-8-12)27-18(19)20)26-17(23)14-5-3-4-6-15(14)21-28(2,24)25/h3-11,18,21H,1-2H3. The fraction of sp³-hybridized carbons (Fsp3) is 0.222. The fourth-order valence-electron chi connectivity index (χ4n) is 2.26. The molecule has 0 aliphatic carbocycles. The van der Waals surface area contributed by atoms with Gasteiger partial charge < -0.3 is 9.47 Å². The van der Waals surface area contributed by atoms with Crippen molar-refractivity contribution in [3.8, 4) is 5.75 Å². The van der Waals surface area contributed by atoms with E-state index < -0.39 is 34.5 Å². The number of ketones is 1. The van der Waals surface area contributed by atoms with E-state index in [0.29, 0.717) is 0 Å². The maximum absolute atomic E-state index is 12.4. The van der Waals surface area contributed by atoms with Gasteiger partial charge in [-0.05, 0) is 43.3 Å². The molecular weight excluding hydrogens is 396 g/mol. The highest BCUT2D eigenvalue weighted by atomic mass is 32.2. The van der Waals surface area contributed by atoms with Crippen LogP contribution in [-0.4, -0.2) is 39.1 Å². The van der Waals surface area contributed by atoms with Crippen LogP contribution in [0.2, 0.25) is 0 Å². The van der Waals surface area contributed by atoms with Crippen molar-refractivity contribution in [1.82, 2.24) is 0 Å². The van der Waals surface area contributed by atoms with Crippen LogP contribution in [0.1, 0.15) is 27.6 Å². The molecule has 2 rings (SSSR count). The summed E-state index contributed by atoms with van der Waals surface area (Å²) >= 11 is 0. The Morgan fingerprint density at radius 2 is 1.64 bits per heavy atom. The zero-order chi connectivity index (χ0) is 20.9. The highest BCUT2D eigenvalue weighted by molar-refractivity contribution is 7.92. The predicted molar refractivity (Wildman–Crippen MR) is 97.2 cm³/mol. The molecule has 0 bridgehead atoms. The van der Waals surface area contributed by atoms with Crippen LogP contribution < -0.4 is 9.46 Å². The first-order valence-corrected chi connectivity index (χ1v) is 9.83. The summed E-state index contributed by atoms with van der Waals surface area (Å²) in [4.78, 5) is 24.7. The van der Waals surface area contributed by atoms with Crippen molar-refractivity contribution in [3.63, 3.8) is 0 Å². The molecular formula is C18H17F2NO6S. The Labute approximate surface area is 160 Å². The number of nitrogens with one attached hydrogen (secondary N) is 1. The molecule has 1 N–H and O–H groups in total. The third kappa shape index (κ3) is 6.02. The molecule has 2 aromatic carbocycles. The number of rotatable bonds is 8. The van der Waals surface area contributed by atoms with Crippen LogP contribution in [0.25, 0.3) is 0 Å². The van der Waals surface area contributed by atoms with Gasteiger partial charge in [-0.3, -0.25) is 9.52 Å². The number of sulfonamides is 1. The summed E-state index contributed by atoms with van der Waals surface area (Å²) in [7, 11) is -3.62. The molecule has 0 spiro atoms. The van der Waals surface area contributed by atoms with Gasteiger partial charge in [0.05, 0.1) is 17.5 Å². The van der Waals surface area contributed by atoms with Crippen LogP contribution in [0.15, 0.2) is 48.5 Å². The maximum atomic E-state index is 12.4. The number of benzene rings is 2. The van der Waals surface area contributed by atoms with Crippen molar-refractivity contribution < 1.29 is 36.3 Å². The molecule has 0 radical (unpaired) electrons. The topological polar surface area (TPSA) is 98.8 Å². The molecule has 0 aromatic heterocycles. The van der Waals surface area contributed by atoms with Gasteiger partial charge in [0.2, 0.25) is 15.8 Å². The van der Waals surface area contributed by atoms with Gasteiger partial charge >= 0.3 is 12.6 Å². The minimum atomic E-state index is -3.62. The van der Waals surface area contributed by atoms with E-state index in [9.17, 15) is 26.8 Å². The quantitative estimate of drug-likeness (QED) is 0.528. The molecule has 1 unspecified atom stereocenters. The lowest BCUT2D eigenvalue weighted by Crippen LogP contribution is -2.25. The second-order valence-corrected chi connectivity index (χ2v) is 7.48. The number of hydrogen-bond acceptors (Lipinski definition) is 6. The third-order valence-corrected chi connectivity index (χ3v) is 4.05. The van der Waals surface area contributed by atoms with Crippen LogP contribution in [0.5, 0.6) is 5.75 Å². The summed E-state index contributed by atoms with van der Waals surface area (Å²) in [5, 5.41) is 0. The molecule has 0 fully saturated rings. The Hall–Kier alpha value is -3.01. The number of hydrogen-bond donors (Lipinski definition) is 1. The van der Waals surface area contributed by atoms with Crippen LogP contribution in [0.4, 0.5) is 14.5 Å². The van der Waals surface area contributed by atoms with E-state index in [-0.39, 0.29) is 22.6 Å². The van der Waals surface area contributed by atoms with E-state index in [1.54, 1.807) is 0 Å². The number of esters is 1. The van der Waals surface area contributed by atoms with E-state index in [1.165, 1.54) is 55.5 Å². The Bertz CT molecular complexity index is 960. The summed E-state index contributed by atoms with van der Waals surface area (Å²) in [6, 6.07) is 10.7. The number of anilines is 1. The van der Waals surface area contributed by atoms with Crippen molar-refractivity contribution >= 4 is 27.5 Å². The molecule has 0 heterocycles. The van der Waals surface area contributed by atoms with Gasteiger partial charge in [-0.15, -0.1) is 0 Å². The molecule has 150 valence electrons. The van der Waals surface area contributed by atoms with Gasteiger partial charge in [0.25, 0.3) is 0 Å². The maximum Gasteiger partial charge on any atom is 0.387 e. The van der Waals surface area contributed by atoms with Crippen LogP contribution in [-0.2, 0) is 14.8 Å². The van der Waals surface area contributed by atoms with Crippen molar-refractivity contribution in [2.45, 2.75) is 19.6 Å². The number of alkyl halides is 2. The van der Waals surface area contributed by atoms with Crippen molar-refractivity contribution in [2.24, 2.45) is 0 Å². The number of Topliss-reactive ketones (excluding diaryl/α,β-unsaturated/α-hetero) is 1. The summed E-state index contributed by atoms with van der Waals surface area (Å²) in [6.45, 7) is -1.64. The number of para-hydroxylation sites is 1. The highest BCUT2D eigenvalue weighted by Crippen LogP contribution is 2.20. The van der Waals surface area contributed by atoms with Crippen LogP contribution >= 0.6 is 0 Å². The summed E-state index contributed by atoms with van der Waals surface area (Å²) < 4.78 is 58.7. The van der Waals surface area contributed by atoms with Gasteiger partial charge in [0.1, 0.15) is 5.75 Å². The molecule has 28 heavy (non-hydrogen) atoms. The van der Waals surface area contributed by atoms with Gasteiger partial charge in [-0.25, -0.2) is 13.2 Å². The van der Waals surface area contributed by atoms with Crippen LogP contribution in [0.3, 0.4) is 0 Å². The molecule has 0 saturated heterocycles. The number of carbonyl (C=O) groups is 2. The second kappa shape index (κ2) is 8.79. The first-order valence-electron chi connectivity index (χ1n) is 7.93. The lowest BCUT2D eigenvalue weighted by atomic mass is 10.1. The van der Waals surface area contributed by atoms with E-state index in [2.05, 4.69) is 9.46 Å². The summed E-state index contributed by atoms with van der Waals surface area (Å²) in [5.74, 6) is -1.58. The molecule has 0 amide bonds. The monoisotopic (exact) mass is 413 g/mol. The fourth-order valence-corrected chi connectivity index (χ4v) is 2.84.